The molecular weight excluding hydrogens is 310 g/mol. The zero-order valence-electron chi connectivity index (χ0n) is 13.7. The van der Waals surface area contributed by atoms with E-state index in [1.165, 1.54) is 24.9 Å². The fourth-order valence-corrected chi connectivity index (χ4v) is 3.64. The van der Waals surface area contributed by atoms with Crippen LogP contribution in [0.5, 0.6) is 0 Å². The van der Waals surface area contributed by atoms with Crippen LogP contribution in [0.25, 0.3) is 0 Å². The highest BCUT2D eigenvalue weighted by Crippen LogP contribution is 2.21. The van der Waals surface area contributed by atoms with Crippen LogP contribution in [0.1, 0.15) is 25.7 Å². The molecule has 3 rings (SSSR count). The van der Waals surface area contributed by atoms with Crippen molar-refractivity contribution < 1.29 is 4.79 Å². The molecule has 4 nitrogen and oxygen atoms in total. The molecule has 5 heteroatoms. The second-order valence-corrected chi connectivity index (χ2v) is 6.94. The molecule has 0 aliphatic carbocycles. The predicted octanol–water partition coefficient (Wildman–Crippen LogP) is 2.86. The first-order valence-corrected chi connectivity index (χ1v) is 9.11. The summed E-state index contributed by atoms with van der Waals surface area (Å²) in [6, 6.07) is 8.05. The van der Waals surface area contributed by atoms with E-state index in [-0.39, 0.29) is 0 Å². The van der Waals surface area contributed by atoms with Crippen molar-refractivity contribution in [2.75, 3.05) is 50.7 Å². The van der Waals surface area contributed by atoms with E-state index in [2.05, 4.69) is 15.9 Å². The largest absolute Gasteiger partial charge is 0.369 e. The lowest BCUT2D eigenvalue weighted by molar-refractivity contribution is -0.132. The molecule has 126 valence electrons. The van der Waals surface area contributed by atoms with E-state index in [0.717, 1.165) is 50.8 Å². The molecule has 2 fully saturated rings. The predicted molar refractivity (Wildman–Crippen MR) is 95.2 cm³/mol. The van der Waals surface area contributed by atoms with Crippen LogP contribution in [0.4, 0.5) is 5.69 Å². The number of piperidine rings is 1. The molecule has 1 amide bonds. The average molecular weight is 336 g/mol. The van der Waals surface area contributed by atoms with E-state index in [9.17, 15) is 4.79 Å². The molecule has 1 aromatic carbocycles. The second-order valence-electron chi connectivity index (χ2n) is 6.50. The number of anilines is 1. The first-order valence-electron chi connectivity index (χ1n) is 8.73. The van der Waals surface area contributed by atoms with Gasteiger partial charge in [0, 0.05) is 62.9 Å². The Kier molecular flexibility index (Phi) is 5.79. The van der Waals surface area contributed by atoms with Crippen molar-refractivity contribution in [3.05, 3.63) is 29.3 Å². The van der Waals surface area contributed by atoms with Gasteiger partial charge in [-0.3, -0.25) is 9.69 Å². The standard InChI is InChI=1S/C18H26ClN3O/c19-16-5-4-6-17(15-16)21-13-11-20(12-14-21)10-7-18(23)22-8-2-1-3-9-22/h4-6,15H,1-3,7-14H2. The Hall–Kier alpha value is -1.26. The van der Waals surface area contributed by atoms with Gasteiger partial charge in [-0.05, 0) is 37.5 Å². The fraction of sp³-hybridized carbons (Fsp3) is 0.611. The normalized spacial score (nSPS) is 19.9. The van der Waals surface area contributed by atoms with E-state index in [1.54, 1.807) is 0 Å². The summed E-state index contributed by atoms with van der Waals surface area (Å²) in [6.07, 6.45) is 4.28. The summed E-state index contributed by atoms with van der Waals surface area (Å²) in [5, 5.41) is 0.789. The van der Waals surface area contributed by atoms with Gasteiger partial charge in [-0.2, -0.15) is 0 Å². The number of piperazine rings is 1. The zero-order chi connectivity index (χ0) is 16.1. The van der Waals surface area contributed by atoms with Crippen LogP contribution in [0.3, 0.4) is 0 Å². The Bertz CT molecular complexity index is 523. The van der Waals surface area contributed by atoms with Crippen molar-refractivity contribution in [1.29, 1.82) is 0 Å². The third kappa shape index (κ3) is 4.61. The third-order valence-corrected chi connectivity index (χ3v) is 5.13. The number of hydrogen-bond acceptors (Lipinski definition) is 3. The smallest absolute Gasteiger partial charge is 0.223 e. The van der Waals surface area contributed by atoms with Gasteiger partial charge in [0.1, 0.15) is 0 Å². The first kappa shape index (κ1) is 16.6. The van der Waals surface area contributed by atoms with Gasteiger partial charge in [-0.25, -0.2) is 0 Å². The molecule has 0 aromatic heterocycles. The van der Waals surface area contributed by atoms with E-state index in [0.29, 0.717) is 12.3 Å². The topological polar surface area (TPSA) is 26.8 Å². The van der Waals surface area contributed by atoms with Crippen molar-refractivity contribution in [1.82, 2.24) is 9.80 Å². The number of carbonyl (C=O) groups excluding carboxylic acids is 1. The molecule has 1 aromatic rings. The Morgan fingerprint density at radius 1 is 1.00 bits per heavy atom. The summed E-state index contributed by atoms with van der Waals surface area (Å²) in [7, 11) is 0. The quantitative estimate of drug-likeness (QED) is 0.846. The Morgan fingerprint density at radius 3 is 2.43 bits per heavy atom. The summed E-state index contributed by atoms with van der Waals surface area (Å²) < 4.78 is 0. The van der Waals surface area contributed by atoms with Crippen molar-refractivity contribution in [3.63, 3.8) is 0 Å². The molecule has 0 atom stereocenters. The molecular formula is C18H26ClN3O. The van der Waals surface area contributed by atoms with Gasteiger partial charge in [0.15, 0.2) is 0 Å². The maximum absolute atomic E-state index is 12.2. The van der Waals surface area contributed by atoms with Gasteiger partial charge < -0.3 is 9.80 Å². The van der Waals surface area contributed by atoms with Crippen LogP contribution >= 0.6 is 11.6 Å². The number of halogens is 1. The minimum absolute atomic E-state index is 0.335. The fourth-order valence-electron chi connectivity index (χ4n) is 3.46. The monoisotopic (exact) mass is 335 g/mol. The van der Waals surface area contributed by atoms with Crippen LogP contribution in [0, 0.1) is 0 Å². The van der Waals surface area contributed by atoms with E-state index >= 15 is 0 Å². The Balaban J connectivity index is 1.41. The first-order chi connectivity index (χ1) is 11.2. The maximum Gasteiger partial charge on any atom is 0.223 e. The van der Waals surface area contributed by atoms with Gasteiger partial charge in [-0.15, -0.1) is 0 Å². The minimum Gasteiger partial charge on any atom is -0.369 e. The SMILES string of the molecule is O=C(CCN1CCN(c2cccc(Cl)c2)CC1)N1CCCCC1. The van der Waals surface area contributed by atoms with Gasteiger partial charge in [0.25, 0.3) is 0 Å². The van der Waals surface area contributed by atoms with Crippen LogP contribution in [-0.4, -0.2) is 61.5 Å². The van der Waals surface area contributed by atoms with Gasteiger partial charge >= 0.3 is 0 Å². The molecule has 0 saturated carbocycles. The van der Waals surface area contributed by atoms with Crippen molar-refractivity contribution in [3.8, 4) is 0 Å². The molecule has 0 bridgehead atoms. The highest BCUT2D eigenvalue weighted by molar-refractivity contribution is 6.30. The van der Waals surface area contributed by atoms with Gasteiger partial charge in [0.05, 0.1) is 0 Å². The number of carbonyl (C=O) groups is 1. The number of rotatable bonds is 4. The highest BCUT2D eigenvalue weighted by Gasteiger charge is 2.20. The summed E-state index contributed by atoms with van der Waals surface area (Å²) in [4.78, 5) is 19.1. The number of amides is 1. The molecule has 0 N–H and O–H groups in total. The molecule has 2 aliphatic rings. The molecule has 0 spiro atoms. The zero-order valence-corrected chi connectivity index (χ0v) is 14.5. The van der Waals surface area contributed by atoms with E-state index < -0.39 is 0 Å². The molecule has 2 saturated heterocycles. The number of nitrogens with zero attached hydrogens (tertiary/aromatic N) is 3. The molecule has 2 heterocycles. The number of likely N-dealkylation sites (tertiary alicyclic amines) is 1. The summed E-state index contributed by atoms with van der Waals surface area (Å²) in [5.41, 5.74) is 1.20. The van der Waals surface area contributed by atoms with Crippen molar-refractivity contribution in [2.45, 2.75) is 25.7 Å². The maximum atomic E-state index is 12.2. The lowest BCUT2D eigenvalue weighted by Gasteiger charge is -2.36. The molecule has 2 aliphatic heterocycles. The van der Waals surface area contributed by atoms with E-state index in [1.807, 2.05) is 23.1 Å². The minimum atomic E-state index is 0.335. The lowest BCUT2D eigenvalue weighted by atomic mass is 10.1. The van der Waals surface area contributed by atoms with Crippen LogP contribution in [-0.2, 0) is 4.79 Å². The summed E-state index contributed by atoms with van der Waals surface area (Å²) in [6.45, 7) is 6.83. The van der Waals surface area contributed by atoms with Crippen LogP contribution in [0.15, 0.2) is 24.3 Å². The second kappa shape index (κ2) is 8.02. The third-order valence-electron chi connectivity index (χ3n) is 4.90. The van der Waals surface area contributed by atoms with Crippen LogP contribution in [0.2, 0.25) is 5.02 Å². The lowest BCUT2D eigenvalue weighted by Crippen LogP contribution is -2.47. The Labute approximate surface area is 144 Å². The number of benzene rings is 1. The molecule has 0 radical (unpaired) electrons. The highest BCUT2D eigenvalue weighted by atomic mass is 35.5. The molecule has 23 heavy (non-hydrogen) atoms. The molecule has 0 unspecified atom stereocenters. The summed E-state index contributed by atoms with van der Waals surface area (Å²) >= 11 is 6.07. The summed E-state index contributed by atoms with van der Waals surface area (Å²) in [5.74, 6) is 0.335. The van der Waals surface area contributed by atoms with Crippen LogP contribution < -0.4 is 4.90 Å². The average Bonchev–Trinajstić information content (AvgIpc) is 2.61. The Morgan fingerprint density at radius 2 is 1.74 bits per heavy atom. The van der Waals surface area contributed by atoms with Gasteiger partial charge in [-0.1, -0.05) is 17.7 Å². The van der Waals surface area contributed by atoms with Gasteiger partial charge in [0.2, 0.25) is 5.91 Å². The van der Waals surface area contributed by atoms with Crippen molar-refractivity contribution >= 4 is 23.2 Å². The van der Waals surface area contributed by atoms with Crippen molar-refractivity contribution in [2.24, 2.45) is 0 Å². The number of hydrogen-bond donors (Lipinski definition) is 0. The van der Waals surface area contributed by atoms with E-state index in [4.69, 9.17) is 11.6 Å².